The lowest BCUT2D eigenvalue weighted by atomic mass is 10.0. The first kappa shape index (κ1) is 21.9. The van der Waals surface area contributed by atoms with Crippen molar-refractivity contribution in [2.24, 2.45) is 0 Å². The van der Waals surface area contributed by atoms with Gasteiger partial charge >= 0.3 is 0 Å². The van der Waals surface area contributed by atoms with Gasteiger partial charge in [0.2, 0.25) is 0 Å². The molecule has 0 aromatic heterocycles. The summed E-state index contributed by atoms with van der Waals surface area (Å²) in [6.07, 6.45) is 16.9. The molecule has 0 aromatic carbocycles. The van der Waals surface area contributed by atoms with Gasteiger partial charge in [0.05, 0.1) is 18.3 Å². The number of aliphatic hydroxyl groups is 1. The Morgan fingerprint density at radius 1 is 0.727 bits per heavy atom. The summed E-state index contributed by atoms with van der Waals surface area (Å²) < 4.78 is 5.60. The zero-order chi connectivity index (χ0) is 16.7. The fraction of sp³-hybridized carbons (Fsp3) is 1.00. The van der Waals surface area contributed by atoms with Crippen LogP contribution in [0.2, 0.25) is 0 Å². The summed E-state index contributed by atoms with van der Waals surface area (Å²) in [4.78, 5) is 0. The first-order valence-electron chi connectivity index (χ1n) is 9.77. The summed E-state index contributed by atoms with van der Waals surface area (Å²) in [5.41, 5.74) is -0.141. The van der Waals surface area contributed by atoms with Gasteiger partial charge in [0.1, 0.15) is 0 Å². The van der Waals surface area contributed by atoms with E-state index in [1.807, 2.05) is 20.8 Å². The largest absolute Gasteiger partial charge is 0.391 e. The van der Waals surface area contributed by atoms with E-state index in [1.165, 1.54) is 70.6 Å². The minimum Gasteiger partial charge on any atom is -0.391 e. The molecule has 1 atom stereocenters. The number of rotatable bonds is 15. The summed E-state index contributed by atoms with van der Waals surface area (Å²) in [5.74, 6) is 0. The molecule has 2 heteroatoms. The Kier molecular flexibility index (Phi) is 14.5. The summed E-state index contributed by atoms with van der Waals surface area (Å²) in [6.45, 7) is 8.84. The molecule has 0 fully saturated rings. The third kappa shape index (κ3) is 18.0. The van der Waals surface area contributed by atoms with E-state index in [2.05, 4.69) is 6.92 Å². The quantitative estimate of drug-likeness (QED) is 0.362. The average molecular weight is 315 g/mol. The predicted molar refractivity (Wildman–Crippen MR) is 97.4 cm³/mol. The van der Waals surface area contributed by atoms with Crippen molar-refractivity contribution >= 4 is 0 Å². The summed E-state index contributed by atoms with van der Waals surface area (Å²) in [6, 6.07) is 0. The zero-order valence-corrected chi connectivity index (χ0v) is 15.8. The Morgan fingerprint density at radius 3 is 1.55 bits per heavy atom. The molecule has 0 heterocycles. The smallest absolute Gasteiger partial charge is 0.0774 e. The van der Waals surface area contributed by atoms with Crippen LogP contribution >= 0.6 is 0 Å². The van der Waals surface area contributed by atoms with E-state index in [-0.39, 0.29) is 11.7 Å². The molecular formula is C20H42O2. The zero-order valence-electron chi connectivity index (χ0n) is 15.8. The van der Waals surface area contributed by atoms with E-state index in [9.17, 15) is 5.11 Å². The number of aliphatic hydroxyl groups excluding tert-OH is 1. The Labute approximate surface area is 140 Å². The van der Waals surface area contributed by atoms with Crippen molar-refractivity contribution in [2.45, 2.75) is 123 Å². The van der Waals surface area contributed by atoms with Gasteiger partial charge in [-0.1, -0.05) is 84.0 Å². The highest BCUT2D eigenvalue weighted by molar-refractivity contribution is 4.62. The molecule has 0 rings (SSSR count). The highest BCUT2D eigenvalue weighted by atomic mass is 16.5. The number of hydrogen-bond acceptors (Lipinski definition) is 2. The van der Waals surface area contributed by atoms with Crippen LogP contribution in [0.3, 0.4) is 0 Å². The van der Waals surface area contributed by atoms with Crippen molar-refractivity contribution in [3.8, 4) is 0 Å². The van der Waals surface area contributed by atoms with Gasteiger partial charge < -0.3 is 9.84 Å². The van der Waals surface area contributed by atoms with Crippen LogP contribution in [0.4, 0.5) is 0 Å². The monoisotopic (exact) mass is 314 g/mol. The highest BCUT2D eigenvalue weighted by Gasteiger charge is 2.13. The van der Waals surface area contributed by atoms with Crippen molar-refractivity contribution in [3.63, 3.8) is 0 Å². The van der Waals surface area contributed by atoms with Crippen LogP contribution in [0.1, 0.15) is 111 Å². The van der Waals surface area contributed by atoms with Crippen molar-refractivity contribution in [1.29, 1.82) is 0 Å². The molecule has 0 aliphatic rings. The third-order valence-electron chi connectivity index (χ3n) is 4.10. The standard InChI is InChI=1S/C20H42O2/c1-5-6-7-8-9-10-11-12-13-14-15-16-17-19(21)18-22-20(2,3)4/h19,21H,5-18H2,1-4H3. The van der Waals surface area contributed by atoms with Crippen LogP contribution in [0.25, 0.3) is 0 Å². The Balaban J connectivity index is 3.17. The van der Waals surface area contributed by atoms with E-state index < -0.39 is 0 Å². The predicted octanol–water partition coefficient (Wildman–Crippen LogP) is 6.25. The summed E-state index contributed by atoms with van der Waals surface area (Å²) >= 11 is 0. The number of unbranched alkanes of at least 4 members (excludes halogenated alkanes) is 11. The fourth-order valence-electron chi connectivity index (χ4n) is 2.65. The van der Waals surface area contributed by atoms with Crippen molar-refractivity contribution in [1.82, 2.24) is 0 Å². The molecular weight excluding hydrogens is 272 g/mol. The number of ether oxygens (including phenoxy) is 1. The van der Waals surface area contributed by atoms with E-state index in [4.69, 9.17) is 4.74 Å². The van der Waals surface area contributed by atoms with Gasteiger partial charge in [0, 0.05) is 0 Å². The average Bonchev–Trinajstić information content (AvgIpc) is 2.45. The lowest BCUT2D eigenvalue weighted by Crippen LogP contribution is -2.26. The summed E-state index contributed by atoms with van der Waals surface area (Å²) in [5, 5.41) is 9.85. The molecule has 0 aliphatic heterocycles. The molecule has 2 nitrogen and oxygen atoms in total. The molecule has 0 amide bonds. The fourth-order valence-corrected chi connectivity index (χ4v) is 2.65. The molecule has 0 aliphatic carbocycles. The Morgan fingerprint density at radius 2 is 1.14 bits per heavy atom. The van der Waals surface area contributed by atoms with Crippen molar-refractivity contribution < 1.29 is 9.84 Å². The second kappa shape index (κ2) is 14.5. The molecule has 0 saturated carbocycles. The molecule has 134 valence electrons. The van der Waals surface area contributed by atoms with Crippen molar-refractivity contribution in [3.05, 3.63) is 0 Å². The first-order chi connectivity index (χ1) is 10.5. The summed E-state index contributed by atoms with van der Waals surface area (Å²) in [7, 11) is 0. The second-order valence-electron chi connectivity index (χ2n) is 7.75. The third-order valence-corrected chi connectivity index (χ3v) is 4.10. The lowest BCUT2D eigenvalue weighted by molar-refractivity contribution is -0.0509. The molecule has 0 bridgehead atoms. The highest BCUT2D eigenvalue weighted by Crippen LogP contribution is 2.14. The van der Waals surface area contributed by atoms with E-state index in [0.717, 1.165) is 12.8 Å². The van der Waals surface area contributed by atoms with Gasteiger partial charge in [0.25, 0.3) is 0 Å². The molecule has 1 unspecified atom stereocenters. The molecule has 0 spiro atoms. The first-order valence-corrected chi connectivity index (χ1v) is 9.77. The van der Waals surface area contributed by atoms with Crippen molar-refractivity contribution in [2.75, 3.05) is 6.61 Å². The van der Waals surface area contributed by atoms with Crippen LogP contribution in [-0.2, 0) is 4.74 Å². The van der Waals surface area contributed by atoms with Crippen LogP contribution in [0.15, 0.2) is 0 Å². The van der Waals surface area contributed by atoms with Crippen LogP contribution in [0, 0.1) is 0 Å². The second-order valence-corrected chi connectivity index (χ2v) is 7.75. The SMILES string of the molecule is CCCCCCCCCCCCCCC(O)COC(C)(C)C. The lowest BCUT2D eigenvalue weighted by Gasteiger charge is -2.21. The van der Waals surface area contributed by atoms with E-state index in [1.54, 1.807) is 0 Å². The topological polar surface area (TPSA) is 29.5 Å². The van der Waals surface area contributed by atoms with Gasteiger partial charge in [0.15, 0.2) is 0 Å². The molecule has 0 saturated heterocycles. The molecule has 0 radical (unpaired) electrons. The minimum atomic E-state index is -0.289. The van der Waals surface area contributed by atoms with Crippen LogP contribution in [0.5, 0.6) is 0 Å². The Hall–Kier alpha value is -0.0800. The van der Waals surface area contributed by atoms with Gasteiger partial charge in [-0.2, -0.15) is 0 Å². The van der Waals surface area contributed by atoms with Gasteiger partial charge in [-0.3, -0.25) is 0 Å². The maximum atomic E-state index is 9.85. The van der Waals surface area contributed by atoms with Crippen LogP contribution < -0.4 is 0 Å². The van der Waals surface area contributed by atoms with Gasteiger partial charge in [-0.05, 0) is 27.2 Å². The molecule has 0 aromatic rings. The Bertz CT molecular complexity index is 220. The maximum absolute atomic E-state index is 9.85. The maximum Gasteiger partial charge on any atom is 0.0774 e. The number of hydrogen-bond donors (Lipinski definition) is 1. The minimum absolute atomic E-state index is 0.141. The van der Waals surface area contributed by atoms with E-state index in [0.29, 0.717) is 6.61 Å². The van der Waals surface area contributed by atoms with Gasteiger partial charge in [-0.15, -0.1) is 0 Å². The molecule has 1 N–H and O–H groups in total. The van der Waals surface area contributed by atoms with Gasteiger partial charge in [-0.25, -0.2) is 0 Å². The van der Waals surface area contributed by atoms with E-state index >= 15 is 0 Å². The van der Waals surface area contributed by atoms with Crippen LogP contribution in [-0.4, -0.2) is 23.4 Å². The normalized spacial score (nSPS) is 13.5. The molecule has 22 heavy (non-hydrogen) atoms.